The van der Waals surface area contributed by atoms with Crippen molar-refractivity contribution in [1.82, 2.24) is 0 Å². The number of carbonyl (C=O) groups is 1. The molecule has 1 aromatic carbocycles. The lowest BCUT2D eigenvalue weighted by atomic mass is 10.1. The first kappa shape index (κ1) is 12.3. The van der Waals surface area contributed by atoms with Crippen LogP contribution >= 0.6 is 11.6 Å². The highest BCUT2D eigenvalue weighted by Gasteiger charge is 2.05. The third-order valence-corrected chi connectivity index (χ3v) is 2.00. The normalized spacial score (nSPS) is 9.19. The minimum absolute atomic E-state index is 0.0793. The van der Waals surface area contributed by atoms with Crippen molar-refractivity contribution in [2.45, 2.75) is 6.42 Å². The largest absolute Gasteiger partial charge is 0.468 e. The van der Waals surface area contributed by atoms with Crippen LogP contribution in [-0.2, 0) is 9.53 Å². The van der Waals surface area contributed by atoms with Gasteiger partial charge in [-0.3, -0.25) is 4.79 Å². The van der Waals surface area contributed by atoms with Crippen molar-refractivity contribution >= 4 is 23.3 Å². The molecule has 1 rings (SSSR count). The molecule has 0 aliphatic carbocycles. The van der Waals surface area contributed by atoms with Gasteiger partial charge in [0.05, 0.1) is 18.4 Å². The van der Waals surface area contributed by atoms with E-state index in [0.717, 1.165) is 6.07 Å². The van der Waals surface area contributed by atoms with Crippen molar-refractivity contribution in [2.75, 3.05) is 12.8 Å². The Morgan fingerprint density at radius 3 is 2.94 bits per heavy atom. The monoisotopic (exact) mass is 241 g/mol. The number of hydrogen-bond donors (Lipinski definition) is 1. The molecule has 1 aromatic rings. The summed E-state index contributed by atoms with van der Waals surface area (Å²) in [7, 11) is 1.26. The zero-order chi connectivity index (χ0) is 12.1. The predicted molar refractivity (Wildman–Crippen MR) is 59.3 cm³/mol. The van der Waals surface area contributed by atoms with Gasteiger partial charge in [0, 0.05) is 5.02 Å². The van der Waals surface area contributed by atoms with Crippen molar-refractivity contribution in [3.63, 3.8) is 0 Å². The molecule has 0 spiro atoms. The van der Waals surface area contributed by atoms with Crippen LogP contribution in [-0.4, -0.2) is 13.1 Å². The lowest BCUT2D eigenvalue weighted by molar-refractivity contribution is -0.139. The van der Waals surface area contributed by atoms with Crippen molar-refractivity contribution in [3.8, 4) is 11.8 Å². The Hall–Kier alpha value is -1.73. The maximum absolute atomic E-state index is 13.1. The third-order valence-electron chi connectivity index (χ3n) is 1.78. The topological polar surface area (TPSA) is 52.3 Å². The lowest BCUT2D eigenvalue weighted by Crippen LogP contribution is -1.98. The summed E-state index contributed by atoms with van der Waals surface area (Å²) in [6.07, 6.45) is -0.0793. The smallest absolute Gasteiger partial charge is 0.317 e. The van der Waals surface area contributed by atoms with Gasteiger partial charge >= 0.3 is 5.97 Å². The fraction of sp³-hybridized carbons (Fsp3) is 0.182. The molecule has 0 bridgehead atoms. The second-order valence-electron chi connectivity index (χ2n) is 2.90. The molecule has 5 heteroatoms. The molecule has 0 aliphatic heterocycles. The average molecular weight is 242 g/mol. The van der Waals surface area contributed by atoms with Crippen LogP contribution in [0.15, 0.2) is 12.1 Å². The highest BCUT2D eigenvalue weighted by atomic mass is 35.5. The Balaban J connectivity index is 2.92. The Kier molecular flexibility index (Phi) is 4.15. The number of nitrogens with two attached hydrogens (primary N) is 1. The Bertz CT molecular complexity index is 477. The number of anilines is 1. The second kappa shape index (κ2) is 5.38. The molecule has 0 fully saturated rings. The first-order valence-corrected chi connectivity index (χ1v) is 4.72. The SMILES string of the molecule is COC(=O)CC#Cc1cc(Cl)cc(F)c1N. The summed E-state index contributed by atoms with van der Waals surface area (Å²) in [6, 6.07) is 2.53. The fourth-order valence-corrected chi connectivity index (χ4v) is 1.18. The molecule has 2 N–H and O–H groups in total. The van der Waals surface area contributed by atoms with Crippen molar-refractivity contribution < 1.29 is 13.9 Å². The van der Waals surface area contributed by atoms with E-state index >= 15 is 0 Å². The van der Waals surface area contributed by atoms with Gasteiger partial charge in [0.2, 0.25) is 0 Å². The van der Waals surface area contributed by atoms with Gasteiger partial charge in [0.25, 0.3) is 0 Å². The van der Waals surface area contributed by atoms with E-state index in [2.05, 4.69) is 16.6 Å². The molecular weight excluding hydrogens is 233 g/mol. The van der Waals surface area contributed by atoms with E-state index in [0.29, 0.717) is 0 Å². The molecule has 0 saturated carbocycles. The number of ether oxygens (including phenoxy) is 1. The molecular formula is C11H9ClFNO2. The molecule has 0 heterocycles. The van der Waals surface area contributed by atoms with Crippen molar-refractivity contribution in [1.29, 1.82) is 0 Å². The van der Waals surface area contributed by atoms with Gasteiger partial charge in [-0.25, -0.2) is 4.39 Å². The van der Waals surface area contributed by atoms with Crippen LogP contribution in [0.1, 0.15) is 12.0 Å². The van der Waals surface area contributed by atoms with E-state index < -0.39 is 11.8 Å². The van der Waals surface area contributed by atoms with Crippen LogP contribution in [0, 0.1) is 17.7 Å². The number of hydrogen-bond acceptors (Lipinski definition) is 3. The molecule has 84 valence electrons. The molecule has 0 radical (unpaired) electrons. The number of esters is 1. The molecule has 0 saturated heterocycles. The predicted octanol–water partition coefficient (Wildman–Crippen LogP) is 1.98. The maximum atomic E-state index is 13.1. The zero-order valence-corrected chi connectivity index (χ0v) is 9.27. The quantitative estimate of drug-likeness (QED) is 0.465. The number of rotatable bonds is 1. The molecule has 3 nitrogen and oxygen atoms in total. The lowest BCUT2D eigenvalue weighted by Gasteiger charge is -2.00. The number of benzene rings is 1. The highest BCUT2D eigenvalue weighted by Crippen LogP contribution is 2.21. The van der Waals surface area contributed by atoms with Crippen LogP contribution < -0.4 is 5.73 Å². The second-order valence-corrected chi connectivity index (χ2v) is 3.34. The summed E-state index contributed by atoms with van der Waals surface area (Å²) in [5, 5.41) is 0.203. The van der Waals surface area contributed by atoms with Gasteiger partial charge in [0.15, 0.2) is 0 Å². The number of halogens is 2. The van der Waals surface area contributed by atoms with Crippen LogP contribution in [0.4, 0.5) is 10.1 Å². The first-order chi connectivity index (χ1) is 7.54. The van der Waals surface area contributed by atoms with E-state index in [1.165, 1.54) is 13.2 Å². The van der Waals surface area contributed by atoms with E-state index in [-0.39, 0.29) is 22.7 Å². The summed E-state index contributed by atoms with van der Waals surface area (Å²) < 4.78 is 17.5. The number of nitrogen functional groups attached to an aromatic ring is 1. The molecule has 16 heavy (non-hydrogen) atoms. The van der Waals surface area contributed by atoms with Crippen LogP contribution in [0.3, 0.4) is 0 Å². The average Bonchev–Trinajstić information content (AvgIpc) is 2.24. The summed E-state index contributed by atoms with van der Waals surface area (Å²) in [6.45, 7) is 0. The number of methoxy groups -OCH3 is 1. The van der Waals surface area contributed by atoms with Crippen LogP contribution in [0.2, 0.25) is 5.02 Å². The van der Waals surface area contributed by atoms with E-state index in [1.807, 2.05) is 0 Å². The Labute approximate surface area is 97.3 Å². The molecule has 0 aliphatic rings. The zero-order valence-electron chi connectivity index (χ0n) is 8.51. The fourth-order valence-electron chi connectivity index (χ4n) is 0.972. The van der Waals surface area contributed by atoms with Gasteiger partial charge < -0.3 is 10.5 Å². The minimum atomic E-state index is -0.630. The van der Waals surface area contributed by atoms with E-state index in [4.69, 9.17) is 17.3 Å². The molecule has 0 unspecified atom stereocenters. The first-order valence-electron chi connectivity index (χ1n) is 4.34. The maximum Gasteiger partial charge on any atom is 0.317 e. The van der Waals surface area contributed by atoms with Crippen molar-refractivity contribution in [2.24, 2.45) is 0 Å². The Morgan fingerprint density at radius 1 is 1.62 bits per heavy atom. The molecule has 0 amide bonds. The minimum Gasteiger partial charge on any atom is -0.468 e. The Morgan fingerprint density at radius 2 is 2.31 bits per heavy atom. The van der Waals surface area contributed by atoms with Crippen LogP contribution in [0.25, 0.3) is 0 Å². The molecule has 0 aromatic heterocycles. The summed E-state index contributed by atoms with van der Waals surface area (Å²) in [4.78, 5) is 10.8. The van der Waals surface area contributed by atoms with Crippen molar-refractivity contribution in [3.05, 3.63) is 28.5 Å². The summed E-state index contributed by atoms with van der Waals surface area (Å²) in [5.74, 6) is 3.98. The summed E-state index contributed by atoms with van der Waals surface area (Å²) in [5.41, 5.74) is 5.63. The van der Waals surface area contributed by atoms with E-state index in [9.17, 15) is 9.18 Å². The van der Waals surface area contributed by atoms with Crippen LogP contribution in [0.5, 0.6) is 0 Å². The standard InChI is InChI=1S/C11H9ClFNO2/c1-16-10(15)4-2-3-7-5-8(12)6-9(13)11(7)14/h5-6H,4,14H2,1H3. The molecule has 0 atom stereocenters. The summed E-state index contributed by atoms with van der Waals surface area (Å²) >= 11 is 5.64. The third kappa shape index (κ3) is 3.14. The van der Waals surface area contributed by atoms with Gasteiger partial charge in [0.1, 0.15) is 12.2 Å². The highest BCUT2D eigenvalue weighted by molar-refractivity contribution is 6.30. The number of carbonyl (C=O) groups excluding carboxylic acids is 1. The van der Waals surface area contributed by atoms with E-state index in [1.54, 1.807) is 0 Å². The van der Waals surface area contributed by atoms with Gasteiger partial charge in [-0.05, 0) is 12.1 Å². The van der Waals surface area contributed by atoms with Gasteiger partial charge in [-0.15, -0.1) is 0 Å². The van der Waals surface area contributed by atoms with Gasteiger partial charge in [-0.1, -0.05) is 23.4 Å². The van der Waals surface area contributed by atoms with Gasteiger partial charge in [-0.2, -0.15) is 0 Å².